The summed E-state index contributed by atoms with van der Waals surface area (Å²) in [5.41, 5.74) is 7.33. The van der Waals surface area contributed by atoms with Gasteiger partial charge < -0.3 is 35.1 Å². The molecule has 0 radical (unpaired) electrons. The number of pyridine rings is 2. The normalized spacial score (nSPS) is 19.7. The number of allylic oxidation sites excluding steroid dienone is 1. The third-order valence-electron chi connectivity index (χ3n) is 7.18. The van der Waals surface area contributed by atoms with Crippen molar-refractivity contribution in [3.63, 3.8) is 0 Å². The number of ether oxygens (including phenoxy) is 1. The highest BCUT2D eigenvalue weighted by Crippen LogP contribution is 2.46. The Morgan fingerprint density at radius 2 is 2.00 bits per heavy atom. The Hall–Kier alpha value is -4.03. The molecule has 12 heteroatoms. The Morgan fingerprint density at radius 1 is 1.21 bits per heavy atom. The molecule has 2 aliphatic heterocycles. The van der Waals surface area contributed by atoms with E-state index in [0.717, 1.165) is 12.8 Å². The molecule has 0 unspecified atom stereocenters. The highest BCUT2D eigenvalue weighted by molar-refractivity contribution is 6.10. The van der Waals surface area contributed by atoms with E-state index >= 15 is 0 Å². The molecular formula is C26H30N8O4. The largest absolute Gasteiger partial charge is 0.422 e. The fraction of sp³-hybridized carbons (Fsp3) is 0.423. The molecule has 4 N–H and O–H groups in total. The number of aliphatic imine (C=N–C) groups is 1. The summed E-state index contributed by atoms with van der Waals surface area (Å²) >= 11 is 0. The first kappa shape index (κ1) is 24.3. The average molecular weight is 519 g/mol. The Bertz CT molecular complexity index is 1420. The lowest BCUT2D eigenvalue weighted by atomic mass is 9.88. The van der Waals surface area contributed by atoms with Crippen LogP contribution >= 0.6 is 0 Å². The second-order valence-corrected chi connectivity index (χ2v) is 9.88. The Kier molecular flexibility index (Phi) is 6.20. The van der Waals surface area contributed by atoms with Gasteiger partial charge in [0.15, 0.2) is 5.58 Å². The predicted octanol–water partition coefficient (Wildman–Crippen LogP) is 1.67. The third kappa shape index (κ3) is 4.56. The molecule has 3 fully saturated rings. The topological polar surface area (TPSA) is 155 Å². The quantitative estimate of drug-likeness (QED) is 0.393. The highest BCUT2D eigenvalue weighted by Gasteiger charge is 2.53. The van der Waals surface area contributed by atoms with Crippen molar-refractivity contribution in [2.45, 2.75) is 18.4 Å². The van der Waals surface area contributed by atoms with Gasteiger partial charge in [0.05, 0.1) is 37.6 Å². The van der Waals surface area contributed by atoms with Gasteiger partial charge in [0.25, 0.3) is 11.9 Å². The van der Waals surface area contributed by atoms with Crippen molar-refractivity contribution in [3.8, 4) is 0 Å². The number of β-amino-alcohol motifs (C(OH)–C–C–N with tert-alkyl or cyclic N) is 1. The van der Waals surface area contributed by atoms with E-state index in [1.165, 1.54) is 6.20 Å². The number of rotatable bonds is 7. The summed E-state index contributed by atoms with van der Waals surface area (Å²) in [6.07, 6.45) is 5.07. The van der Waals surface area contributed by atoms with Crippen LogP contribution in [0.25, 0.3) is 16.8 Å². The number of hydrogen-bond donors (Lipinski definition) is 3. The molecule has 3 aromatic heterocycles. The molecule has 12 nitrogen and oxygen atoms in total. The van der Waals surface area contributed by atoms with Gasteiger partial charge in [-0.25, -0.2) is 9.97 Å². The van der Waals surface area contributed by atoms with E-state index in [2.05, 4.69) is 20.3 Å². The number of morpholine rings is 1. The maximum Gasteiger partial charge on any atom is 0.300 e. The number of anilines is 3. The minimum absolute atomic E-state index is 0.308. The minimum atomic E-state index is -0.741. The first-order valence-electron chi connectivity index (χ1n) is 12.7. The molecule has 3 aliphatic rings. The van der Waals surface area contributed by atoms with Crippen LogP contribution in [0.2, 0.25) is 0 Å². The van der Waals surface area contributed by atoms with Crippen LogP contribution < -0.4 is 20.9 Å². The number of oxazole rings is 1. The summed E-state index contributed by atoms with van der Waals surface area (Å²) < 4.78 is 11.4. The molecule has 198 valence electrons. The molecule has 3 aromatic rings. The number of aliphatic hydroxyl groups is 1. The predicted molar refractivity (Wildman–Crippen MR) is 143 cm³/mol. The second kappa shape index (κ2) is 9.69. The van der Waals surface area contributed by atoms with E-state index in [-0.39, 0.29) is 0 Å². The minimum Gasteiger partial charge on any atom is -0.422 e. The fourth-order valence-electron chi connectivity index (χ4n) is 4.97. The SMILES string of the molecule is CN=CC(=CN)c1cccc(NC(=O)c2cc3oc(N4CCOCC4)nc3nc2N2CC(O)(C3CC3)C2)n1. The van der Waals surface area contributed by atoms with Gasteiger partial charge in [0, 0.05) is 44.2 Å². The summed E-state index contributed by atoms with van der Waals surface area (Å²) in [6, 6.07) is 7.38. The number of nitrogens with one attached hydrogen (secondary N) is 1. The van der Waals surface area contributed by atoms with Gasteiger partial charge in [-0.3, -0.25) is 9.79 Å². The van der Waals surface area contributed by atoms with Crippen molar-refractivity contribution in [1.82, 2.24) is 15.0 Å². The summed E-state index contributed by atoms with van der Waals surface area (Å²) in [6.45, 7) is 3.35. The first-order valence-corrected chi connectivity index (χ1v) is 12.7. The second-order valence-electron chi connectivity index (χ2n) is 9.88. The van der Waals surface area contributed by atoms with Crippen LogP contribution in [0.5, 0.6) is 0 Å². The molecule has 2 saturated heterocycles. The monoisotopic (exact) mass is 518 g/mol. The van der Waals surface area contributed by atoms with Crippen LogP contribution in [0.3, 0.4) is 0 Å². The molecule has 1 amide bonds. The van der Waals surface area contributed by atoms with Gasteiger partial charge in [-0.05, 0) is 30.9 Å². The van der Waals surface area contributed by atoms with Gasteiger partial charge in [-0.1, -0.05) is 6.07 Å². The molecule has 0 atom stereocenters. The Balaban J connectivity index is 1.32. The molecule has 38 heavy (non-hydrogen) atoms. The molecule has 1 aliphatic carbocycles. The zero-order chi connectivity index (χ0) is 26.3. The van der Waals surface area contributed by atoms with E-state index in [1.807, 2.05) is 9.80 Å². The number of nitrogens with two attached hydrogens (primary N) is 1. The highest BCUT2D eigenvalue weighted by atomic mass is 16.5. The standard InChI is InChI=1S/C26H30N8O4/c1-28-13-16(12-27)19-3-2-4-21(29-19)30-24(35)18-11-20-22(32-25(38-20)33-7-9-37-10-8-33)31-23(18)34-14-26(36,15-34)17-5-6-17/h2-4,11-13,17,36H,5-10,14-15,27H2,1H3,(H,29,30,35). The molecule has 0 aromatic carbocycles. The Morgan fingerprint density at radius 3 is 2.71 bits per heavy atom. The van der Waals surface area contributed by atoms with Crippen molar-refractivity contribution in [1.29, 1.82) is 0 Å². The van der Waals surface area contributed by atoms with Crippen molar-refractivity contribution in [2.24, 2.45) is 16.6 Å². The van der Waals surface area contributed by atoms with E-state index in [0.29, 0.717) is 91.0 Å². The van der Waals surface area contributed by atoms with Crippen molar-refractivity contribution < 1.29 is 19.1 Å². The lowest BCUT2D eigenvalue weighted by molar-refractivity contribution is -0.00980. The van der Waals surface area contributed by atoms with Crippen LogP contribution in [-0.2, 0) is 4.74 Å². The van der Waals surface area contributed by atoms with E-state index in [4.69, 9.17) is 19.9 Å². The molecule has 6 rings (SSSR count). The van der Waals surface area contributed by atoms with Gasteiger partial charge in [-0.2, -0.15) is 4.98 Å². The summed E-state index contributed by atoms with van der Waals surface area (Å²) in [5.74, 6) is 0.724. The molecule has 0 bridgehead atoms. The van der Waals surface area contributed by atoms with Crippen LogP contribution in [-0.4, -0.2) is 84.2 Å². The zero-order valence-electron chi connectivity index (χ0n) is 21.1. The average Bonchev–Trinajstić information content (AvgIpc) is 3.69. The third-order valence-corrected chi connectivity index (χ3v) is 7.18. The maximum atomic E-state index is 13.6. The van der Waals surface area contributed by atoms with Gasteiger partial charge in [-0.15, -0.1) is 0 Å². The van der Waals surface area contributed by atoms with Crippen LogP contribution in [0.1, 0.15) is 28.9 Å². The lowest BCUT2D eigenvalue weighted by Gasteiger charge is -2.48. The van der Waals surface area contributed by atoms with Gasteiger partial charge in [0.2, 0.25) is 5.65 Å². The van der Waals surface area contributed by atoms with Gasteiger partial charge in [0.1, 0.15) is 17.2 Å². The van der Waals surface area contributed by atoms with E-state index in [9.17, 15) is 9.90 Å². The summed E-state index contributed by atoms with van der Waals surface area (Å²) in [5, 5.41) is 13.8. The Labute approximate surface area is 219 Å². The van der Waals surface area contributed by atoms with Crippen molar-refractivity contribution in [2.75, 3.05) is 61.6 Å². The van der Waals surface area contributed by atoms with Gasteiger partial charge >= 0.3 is 0 Å². The zero-order valence-corrected chi connectivity index (χ0v) is 21.1. The van der Waals surface area contributed by atoms with Crippen LogP contribution in [0.15, 0.2) is 39.9 Å². The molecule has 1 saturated carbocycles. The van der Waals surface area contributed by atoms with E-state index < -0.39 is 11.5 Å². The molecular weight excluding hydrogens is 488 g/mol. The number of carbonyl (C=O) groups excluding carboxylic acids is 1. The first-order chi connectivity index (χ1) is 18.5. The number of aromatic nitrogens is 3. The van der Waals surface area contributed by atoms with Crippen LogP contribution in [0, 0.1) is 5.92 Å². The van der Waals surface area contributed by atoms with E-state index in [1.54, 1.807) is 37.5 Å². The smallest absolute Gasteiger partial charge is 0.300 e. The van der Waals surface area contributed by atoms with Crippen molar-refractivity contribution in [3.05, 3.63) is 41.7 Å². The maximum absolute atomic E-state index is 13.6. The molecule has 5 heterocycles. The number of nitrogens with zero attached hydrogens (tertiary/aromatic N) is 6. The number of fused-ring (bicyclic) bond motifs is 1. The fourth-order valence-corrected chi connectivity index (χ4v) is 4.97. The van der Waals surface area contributed by atoms with Crippen LogP contribution in [0.4, 0.5) is 17.7 Å². The lowest BCUT2D eigenvalue weighted by Crippen LogP contribution is -2.64. The summed E-state index contributed by atoms with van der Waals surface area (Å²) in [7, 11) is 1.65. The number of carbonyl (C=O) groups is 1. The molecule has 0 spiro atoms. The number of amides is 1. The number of hydrogen-bond acceptors (Lipinski definition) is 11. The summed E-state index contributed by atoms with van der Waals surface area (Å²) in [4.78, 5) is 35.3. The van der Waals surface area contributed by atoms with Crippen molar-refractivity contribution >= 4 is 46.6 Å².